The summed E-state index contributed by atoms with van der Waals surface area (Å²) in [6.45, 7) is 7.73. The molecule has 1 aromatic heterocycles. The Morgan fingerprint density at radius 2 is 1.74 bits per heavy atom. The lowest BCUT2D eigenvalue weighted by molar-refractivity contribution is 0.0177. The van der Waals surface area contributed by atoms with E-state index in [-0.39, 0.29) is 29.3 Å². The van der Waals surface area contributed by atoms with Crippen molar-refractivity contribution in [1.29, 1.82) is 5.26 Å². The van der Waals surface area contributed by atoms with Crippen molar-refractivity contribution in [2.45, 2.75) is 90.6 Å². The molecule has 0 radical (unpaired) electrons. The summed E-state index contributed by atoms with van der Waals surface area (Å²) >= 11 is 0. The second kappa shape index (κ2) is 14.0. The number of amides is 1. The summed E-state index contributed by atoms with van der Waals surface area (Å²) in [6, 6.07) is 10.4. The fourth-order valence-corrected chi connectivity index (χ4v) is 7.20. The van der Waals surface area contributed by atoms with E-state index < -0.39 is 15.6 Å². The first-order chi connectivity index (χ1) is 21.8. The number of carbonyl (C=O) groups is 1. The molecule has 0 aromatic carbocycles. The fourth-order valence-electron chi connectivity index (χ4n) is 6.64. The third-order valence-electron chi connectivity index (χ3n) is 9.55. The number of ether oxygens (including phenoxy) is 2. The van der Waals surface area contributed by atoms with E-state index in [1.165, 1.54) is 43.2 Å². The van der Waals surface area contributed by atoms with E-state index in [1.54, 1.807) is 4.90 Å². The second-order valence-corrected chi connectivity index (χ2v) is 16.1. The number of benzene rings is 1. The Hall–Kier alpha value is -3.59. The van der Waals surface area contributed by atoms with Crippen molar-refractivity contribution in [1.82, 2.24) is 14.9 Å². The van der Waals surface area contributed by atoms with Crippen LogP contribution in [-0.2, 0) is 14.8 Å². The Kier molecular flexibility index (Phi) is 10.3. The van der Waals surface area contributed by atoms with Gasteiger partial charge in [0, 0.05) is 19.6 Å². The van der Waals surface area contributed by atoms with Crippen LogP contribution in [0.25, 0.3) is 11.1 Å². The Labute approximate surface area is 273 Å². The molecule has 2 saturated carbocycles. The summed E-state index contributed by atoms with van der Waals surface area (Å²) in [5, 5.41) is 12.8. The molecule has 0 unspecified atom stereocenters. The maximum Gasteiger partial charge on any atom is 0.410 e. The number of piperidine rings is 1. The van der Waals surface area contributed by atoms with Gasteiger partial charge in [0.05, 0.1) is 12.9 Å². The highest BCUT2D eigenvalue weighted by Gasteiger charge is 2.40. The van der Waals surface area contributed by atoms with Crippen LogP contribution in [0, 0.1) is 28.6 Å². The number of rotatable bonds is 9. The highest BCUT2D eigenvalue weighted by molar-refractivity contribution is 7.92. The zero-order valence-electron chi connectivity index (χ0n) is 27.6. The van der Waals surface area contributed by atoms with Crippen LogP contribution >= 0.6 is 0 Å². The first kappa shape index (κ1) is 33.8. The van der Waals surface area contributed by atoms with Gasteiger partial charge in [-0.05, 0) is 113 Å². The first-order valence-corrected chi connectivity index (χ1v) is 18.5. The lowest BCUT2D eigenvalue weighted by Crippen LogP contribution is -2.41. The highest BCUT2D eigenvalue weighted by Crippen LogP contribution is 2.52. The van der Waals surface area contributed by atoms with Crippen LogP contribution in [0.5, 0.6) is 5.88 Å². The Bertz CT molecular complexity index is 1510. The lowest BCUT2D eigenvalue weighted by Gasteiger charge is -2.47. The van der Waals surface area contributed by atoms with Gasteiger partial charge in [-0.1, -0.05) is 24.6 Å². The summed E-state index contributed by atoms with van der Waals surface area (Å²) in [4.78, 5) is 22.5. The number of nitriles is 1. The van der Waals surface area contributed by atoms with Crippen LogP contribution in [0.1, 0.15) is 90.8 Å². The molecule has 1 aliphatic heterocycles. The number of sulfonamides is 1. The Morgan fingerprint density at radius 3 is 2.24 bits per heavy atom. The van der Waals surface area contributed by atoms with Crippen molar-refractivity contribution < 1.29 is 22.7 Å². The highest BCUT2D eigenvalue weighted by atomic mass is 32.2. The van der Waals surface area contributed by atoms with Gasteiger partial charge in [0.2, 0.25) is 21.7 Å². The van der Waals surface area contributed by atoms with Gasteiger partial charge < -0.3 is 19.7 Å². The average molecular weight is 653 g/mol. The van der Waals surface area contributed by atoms with Crippen molar-refractivity contribution >= 4 is 27.6 Å². The van der Waals surface area contributed by atoms with E-state index >= 15 is 0 Å². The number of hydrogen-bond donors (Lipinski definition) is 2. The normalized spacial score (nSPS) is 18.8. The number of nitrogens with zero attached hydrogens (tertiary/aromatic N) is 4. The number of fused-ring (bicyclic) bond motifs is 1. The van der Waals surface area contributed by atoms with Crippen molar-refractivity contribution in [3.05, 3.63) is 30.1 Å². The van der Waals surface area contributed by atoms with Crippen LogP contribution in [0.2, 0.25) is 0 Å². The maximum atomic E-state index is 12.3. The molecule has 1 spiro atoms. The SMILES string of the molecule is CC(C)(C)OC(=O)N1CCC(CCOc2nc(C#N)nc(NCC3CCC4(CCC4)CC3)c2NS(C)(=O)=O)CC1.c1cc2cc-2c1. The first-order valence-electron chi connectivity index (χ1n) is 16.6. The molecule has 12 heteroatoms. The summed E-state index contributed by atoms with van der Waals surface area (Å²) in [7, 11) is -3.65. The van der Waals surface area contributed by atoms with Crippen molar-refractivity contribution in [2.75, 3.05) is 42.5 Å². The Morgan fingerprint density at radius 1 is 1.07 bits per heavy atom. The monoisotopic (exact) mass is 652 g/mol. The minimum Gasteiger partial charge on any atom is -0.476 e. The summed E-state index contributed by atoms with van der Waals surface area (Å²) in [5.74, 6) is 1.03. The number of nitrogens with one attached hydrogen (secondary N) is 2. The Balaban J connectivity index is 0.000000612. The number of hydrogen-bond acceptors (Lipinski definition) is 9. The molecule has 0 bridgehead atoms. The van der Waals surface area contributed by atoms with Gasteiger partial charge in [-0.2, -0.15) is 15.2 Å². The summed E-state index contributed by atoms with van der Waals surface area (Å²) in [6.07, 6.45) is 11.9. The zero-order chi connectivity index (χ0) is 33.0. The van der Waals surface area contributed by atoms with Crippen LogP contribution in [0.4, 0.5) is 16.3 Å². The molecule has 0 atom stereocenters. The van der Waals surface area contributed by atoms with E-state index in [9.17, 15) is 18.5 Å². The smallest absolute Gasteiger partial charge is 0.410 e. The minimum atomic E-state index is -3.65. The van der Waals surface area contributed by atoms with E-state index in [0.717, 1.165) is 31.9 Å². The molecular formula is C34H48N6O5S. The maximum absolute atomic E-state index is 12.3. The molecule has 46 heavy (non-hydrogen) atoms. The van der Waals surface area contributed by atoms with Crippen LogP contribution in [0.3, 0.4) is 0 Å². The minimum absolute atomic E-state index is 0.0442. The van der Waals surface area contributed by atoms with Crippen molar-refractivity contribution in [3.63, 3.8) is 0 Å². The predicted molar refractivity (Wildman–Crippen MR) is 178 cm³/mol. The van der Waals surface area contributed by atoms with Gasteiger partial charge >= 0.3 is 6.09 Å². The predicted octanol–water partition coefficient (Wildman–Crippen LogP) is 6.58. The molecule has 5 aliphatic rings. The van der Waals surface area contributed by atoms with Crippen molar-refractivity contribution in [2.24, 2.45) is 17.3 Å². The average Bonchev–Trinajstić information content (AvgIpc) is 3.59. The molecule has 6 rings (SSSR count). The van der Waals surface area contributed by atoms with Gasteiger partial charge in [-0.25, -0.2) is 13.2 Å². The quantitative estimate of drug-likeness (QED) is 0.262. The van der Waals surface area contributed by atoms with Crippen molar-refractivity contribution in [3.8, 4) is 23.1 Å². The number of anilines is 2. The van der Waals surface area contributed by atoms with Crippen LogP contribution in [-0.4, -0.2) is 67.5 Å². The van der Waals surface area contributed by atoms with Gasteiger partial charge in [-0.3, -0.25) is 4.72 Å². The van der Waals surface area contributed by atoms with E-state index in [1.807, 2.05) is 26.8 Å². The molecule has 250 valence electrons. The van der Waals surface area contributed by atoms with Gasteiger partial charge in [-0.15, -0.1) is 0 Å². The lowest BCUT2D eigenvalue weighted by atomic mass is 9.59. The third kappa shape index (κ3) is 9.47. The van der Waals surface area contributed by atoms with E-state index in [0.29, 0.717) is 49.9 Å². The molecule has 11 nitrogen and oxygen atoms in total. The zero-order valence-corrected chi connectivity index (χ0v) is 28.4. The number of aromatic nitrogens is 2. The van der Waals surface area contributed by atoms with Gasteiger partial charge in [0.25, 0.3) is 0 Å². The van der Waals surface area contributed by atoms with Crippen LogP contribution in [0.15, 0.2) is 24.3 Å². The standard InChI is InChI=1S/C28H44N6O5S.C6H4/c1-27(2,3)39-26(35)34-15-8-20(9-16-34)10-17-38-25-23(33-40(4,36)37)24(31-22(18-29)32-25)30-19-21-6-13-28(14-7-21)11-5-12-28;1-2-5-4-6(5)3-1/h20-21,33H,5-17,19H2,1-4H3,(H,30,31,32);1-4H. The topological polar surface area (TPSA) is 147 Å². The molecule has 1 saturated heterocycles. The molecular weight excluding hydrogens is 604 g/mol. The number of carbonyl (C=O) groups excluding carboxylic acids is 1. The molecule has 2 heterocycles. The molecule has 1 amide bonds. The summed E-state index contributed by atoms with van der Waals surface area (Å²) in [5.41, 5.74) is 3.02. The number of likely N-dealkylation sites (tertiary alicyclic amines) is 1. The molecule has 1 aromatic rings. The van der Waals surface area contributed by atoms with E-state index in [4.69, 9.17) is 9.47 Å². The molecule has 2 N–H and O–H groups in total. The second-order valence-electron chi connectivity index (χ2n) is 14.4. The largest absolute Gasteiger partial charge is 0.476 e. The van der Waals surface area contributed by atoms with Gasteiger partial charge in [0.15, 0.2) is 11.5 Å². The third-order valence-corrected chi connectivity index (χ3v) is 10.1. The summed E-state index contributed by atoms with van der Waals surface area (Å²) < 4.78 is 38.4. The molecule has 4 aliphatic carbocycles. The van der Waals surface area contributed by atoms with Gasteiger partial charge in [0.1, 0.15) is 11.7 Å². The fraction of sp³-hybridized carbons (Fsp3) is 0.647. The molecule has 3 fully saturated rings. The van der Waals surface area contributed by atoms with E-state index in [2.05, 4.69) is 44.3 Å². The van der Waals surface area contributed by atoms with Crippen LogP contribution < -0.4 is 14.8 Å².